The first-order valence-corrected chi connectivity index (χ1v) is 7.63. The minimum Gasteiger partial charge on any atom is -0.340 e. The zero-order valence-electron chi connectivity index (χ0n) is 12.9. The first kappa shape index (κ1) is 15.1. The number of piperidine rings is 1. The topological polar surface area (TPSA) is 44.0 Å². The first-order chi connectivity index (χ1) is 9.63. The molecule has 4 heteroatoms. The molecule has 2 rings (SSSR count). The van der Waals surface area contributed by atoms with E-state index in [-0.39, 0.29) is 0 Å². The predicted octanol–water partition coefficient (Wildman–Crippen LogP) is 2.17. The van der Waals surface area contributed by atoms with Crippen molar-refractivity contribution in [1.29, 1.82) is 5.26 Å². The second-order valence-corrected chi connectivity index (χ2v) is 5.89. The Balaban J connectivity index is 1.82. The molecule has 1 atom stereocenters. The van der Waals surface area contributed by atoms with E-state index in [4.69, 9.17) is 5.26 Å². The van der Waals surface area contributed by atoms with Crippen molar-refractivity contribution in [2.75, 3.05) is 19.6 Å². The molecule has 1 unspecified atom stereocenters. The van der Waals surface area contributed by atoms with E-state index in [0.29, 0.717) is 6.04 Å². The van der Waals surface area contributed by atoms with Crippen LogP contribution in [0.5, 0.6) is 0 Å². The van der Waals surface area contributed by atoms with Crippen molar-refractivity contribution in [3.8, 4) is 6.07 Å². The smallest absolute Gasteiger partial charge is 0.120 e. The first-order valence-electron chi connectivity index (χ1n) is 7.63. The fourth-order valence-corrected chi connectivity index (χ4v) is 2.95. The normalized spacial score (nSPS) is 17.9. The van der Waals surface area contributed by atoms with Crippen molar-refractivity contribution in [1.82, 2.24) is 14.8 Å². The summed E-state index contributed by atoms with van der Waals surface area (Å²) in [5, 5.41) is 12.6. The van der Waals surface area contributed by atoms with Crippen molar-refractivity contribution < 1.29 is 0 Å². The molecule has 0 bridgehead atoms. The van der Waals surface area contributed by atoms with Crippen LogP contribution in [-0.4, -0.2) is 35.1 Å². The highest BCUT2D eigenvalue weighted by molar-refractivity contribution is 5.34. The molecule has 1 fully saturated rings. The summed E-state index contributed by atoms with van der Waals surface area (Å²) in [6.45, 7) is 8.72. The van der Waals surface area contributed by atoms with Crippen molar-refractivity contribution in [3.05, 3.63) is 23.0 Å². The number of hydrogen-bond donors (Lipinski definition) is 1. The number of nitrogens with zero attached hydrogens (tertiary/aromatic N) is 3. The minimum atomic E-state index is 0.592. The van der Waals surface area contributed by atoms with Gasteiger partial charge in [0.1, 0.15) is 11.8 Å². The highest BCUT2D eigenvalue weighted by atomic mass is 15.2. The van der Waals surface area contributed by atoms with E-state index in [9.17, 15) is 0 Å². The van der Waals surface area contributed by atoms with Crippen LogP contribution in [-0.2, 0) is 13.6 Å². The minimum absolute atomic E-state index is 0.592. The van der Waals surface area contributed by atoms with E-state index < -0.39 is 0 Å². The summed E-state index contributed by atoms with van der Waals surface area (Å²) in [7, 11) is 1.95. The molecular formula is C16H26N4. The molecule has 1 aromatic rings. The summed E-state index contributed by atoms with van der Waals surface area (Å²) in [5.41, 5.74) is 3.15. The van der Waals surface area contributed by atoms with Crippen molar-refractivity contribution in [2.45, 2.75) is 45.7 Å². The molecule has 0 spiro atoms. The Morgan fingerprint density at radius 3 is 2.65 bits per heavy atom. The van der Waals surface area contributed by atoms with Crippen LogP contribution in [0.25, 0.3) is 0 Å². The Kier molecular flexibility index (Phi) is 5.22. The maximum Gasteiger partial charge on any atom is 0.120 e. The second kappa shape index (κ2) is 6.92. The van der Waals surface area contributed by atoms with Gasteiger partial charge in [-0.3, -0.25) is 4.90 Å². The zero-order chi connectivity index (χ0) is 14.5. The average Bonchev–Trinajstić information content (AvgIpc) is 2.76. The second-order valence-electron chi connectivity index (χ2n) is 5.89. The lowest BCUT2D eigenvalue weighted by atomic mass is 10.1. The van der Waals surface area contributed by atoms with Crippen molar-refractivity contribution >= 4 is 0 Å². The number of rotatable bonds is 5. The quantitative estimate of drug-likeness (QED) is 0.895. The third-order valence-corrected chi connectivity index (χ3v) is 4.52. The van der Waals surface area contributed by atoms with Crippen LogP contribution < -0.4 is 5.32 Å². The molecule has 0 aromatic carbocycles. The number of aromatic nitrogens is 1. The molecule has 0 aliphatic carbocycles. The fraction of sp³-hybridized carbons (Fsp3) is 0.688. The van der Waals surface area contributed by atoms with Crippen LogP contribution in [0.2, 0.25) is 0 Å². The Morgan fingerprint density at radius 1 is 1.35 bits per heavy atom. The number of nitriles is 1. The third-order valence-electron chi connectivity index (χ3n) is 4.52. The largest absolute Gasteiger partial charge is 0.340 e. The average molecular weight is 274 g/mol. The zero-order valence-corrected chi connectivity index (χ0v) is 12.9. The summed E-state index contributed by atoms with van der Waals surface area (Å²) in [4.78, 5) is 2.58. The van der Waals surface area contributed by atoms with Crippen LogP contribution in [0.4, 0.5) is 0 Å². The molecule has 110 valence electrons. The van der Waals surface area contributed by atoms with Gasteiger partial charge >= 0.3 is 0 Å². The van der Waals surface area contributed by atoms with Gasteiger partial charge in [0.25, 0.3) is 0 Å². The molecule has 0 saturated carbocycles. The van der Waals surface area contributed by atoms with Crippen molar-refractivity contribution in [3.63, 3.8) is 0 Å². The van der Waals surface area contributed by atoms with Gasteiger partial charge in [-0.15, -0.1) is 0 Å². The van der Waals surface area contributed by atoms with Gasteiger partial charge in [-0.1, -0.05) is 6.42 Å². The molecule has 1 aliphatic heterocycles. The van der Waals surface area contributed by atoms with Crippen LogP contribution in [0.1, 0.15) is 43.1 Å². The Labute approximate surface area is 122 Å². The lowest BCUT2D eigenvalue weighted by molar-refractivity contribution is 0.170. The van der Waals surface area contributed by atoms with Gasteiger partial charge in [0, 0.05) is 31.9 Å². The summed E-state index contributed by atoms with van der Waals surface area (Å²) >= 11 is 0. The Hall–Kier alpha value is -1.31. The number of hydrogen-bond acceptors (Lipinski definition) is 3. The molecule has 1 N–H and O–H groups in total. The number of likely N-dealkylation sites (tertiary alicyclic amines) is 1. The lowest BCUT2D eigenvalue weighted by Crippen LogP contribution is -2.42. The highest BCUT2D eigenvalue weighted by Gasteiger charge is 2.16. The SMILES string of the molecule is Cc1c(CNCC(C)N2CCCCC2)cc(C#N)n1C. The van der Waals surface area contributed by atoms with Gasteiger partial charge in [0.15, 0.2) is 0 Å². The summed E-state index contributed by atoms with van der Waals surface area (Å²) in [6.07, 6.45) is 4.07. The van der Waals surface area contributed by atoms with E-state index in [2.05, 4.69) is 30.1 Å². The highest BCUT2D eigenvalue weighted by Crippen LogP contribution is 2.14. The maximum atomic E-state index is 9.04. The molecule has 1 aliphatic rings. The summed E-state index contributed by atoms with van der Waals surface area (Å²) in [5.74, 6) is 0. The van der Waals surface area contributed by atoms with Gasteiger partial charge in [-0.2, -0.15) is 5.26 Å². The van der Waals surface area contributed by atoms with Crippen LogP contribution in [0.15, 0.2) is 6.07 Å². The Morgan fingerprint density at radius 2 is 2.05 bits per heavy atom. The summed E-state index contributed by atoms with van der Waals surface area (Å²) in [6, 6.07) is 4.82. The molecule has 1 aromatic heterocycles. The van der Waals surface area contributed by atoms with Gasteiger partial charge in [-0.25, -0.2) is 0 Å². The van der Waals surface area contributed by atoms with Crippen LogP contribution >= 0.6 is 0 Å². The van der Waals surface area contributed by atoms with Crippen LogP contribution in [0.3, 0.4) is 0 Å². The molecule has 2 heterocycles. The van der Waals surface area contributed by atoms with Crippen LogP contribution in [0, 0.1) is 18.3 Å². The number of nitrogens with one attached hydrogen (secondary N) is 1. The predicted molar refractivity (Wildman–Crippen MR) is 81.5 cm³/mol. The molecule has 4 nitrogen and oxygen atoms in total. The van der Waals surface area contributed by atoms with E-state index in [1.807, 2.05) is 17.7 Å². The lowest BCUT2D eigenvalue weighted by Gasteiger charge is -2.32. The molecule has 20 heavy (non-hydrogen) atoms. The summed E-state index contributed by atoms with van der Waals surface area (Å²) < 4.78 is 1.96. The van der Waals surface area contributed by atoms with E-state index in [1.54, 1.807) is 0 Å². The van der Waals surface area contributed by atoms with Crippen molar-refractivity contribution in [2.24, 2.45) is 7.05 Å². The molecule has 0 amide bonds. The standard InChI is InChI=1S/C16H26N4/c1-13(20-7-5-4-6-8-20)11-18-12-15-9-16(10-17)19(3)14(15)2/h9,13,18H,4-8,11-12H2,1-3H3. The van der Waals surface area contributed by atoms with Gasteiger partial charge in [-0.05, 0) is 51.4 Å². The molecule has 1 saturated heterocycles. The molecule has 0 radical (unpaired) electrons. The van der Waals surface area contributed by atoms with Gasteiger partial charge in [0.2, 0.25) is 0 Å². The van der Waals surface area contributed by atoms with Gasteiger partial charge in [0.05, 0.1) is 0 Å². The molecular weight excluding hydrogens is 248 g/mol. The van der Waals surface area contributed by atoms with E-state index in [0.717, 1.165) is 18.8 Å². The monoisotopic (exact) mass is 274 g/mol. The van der Waals surface area contributed by atoms with E-state index in [1.165, 1.54) is 43.6 Å². The maximum absolute atomic E-state index is 9.04. The van der Waals surface area contributed by atoms with Gasteiger partial charge < -0.3 is 9.88 Å². The fourth-order valence-electron chi connectivity index (χ4n) is 2.95. The van der Waals surface area contributed by atoms with E-state index >= 15 is 0 Å². The Bertz CT molecular complexity index is 477. The third kappa shape index (κ3) is 3.41.